The Bertz CT molecular complexity index is 417. The molecule has 3 heteroatoms. The zero-order valence-electron chi connectivity index (χ0n) is 7.79. The van der Waals surface area contributed by atoms with Crippen LogP contribution in [0.15, 0.2) is 17.2 Å². The van der Waals surface area contributed by atoms with Crippen LogP contribution < -0.4 is 5.43 Å². The summed E-state index contributed by atoms with van der Waals surface area (Å²) < 4.78 is 0. The predicted molar refractivity (Wildman–Crippen MR) is 52.3 cm³/mol. The third-order valence-corrected chi connectivity index (χ3v) is 2.29. The molecule has 0 fully saturated rings. The van der Waals surface area contributed by atoms with Gasteiger partial charge in [0.25, 0.3) is 0 Å². The lowest BCUT2D eigenvalue weighted by Crippen LogP contribution is -2.22. The van der Waals surface area contributed by atoms with Crippen LogP contribution in [0, 0.1) is 6.92 Å². The first kappa shape index (κ1) is 8.10. The second kappa shape index (κ2) is 2.76. The van der Waals surface area contributed by atoms with Crippen molar-refractivity contribution >= 4 is 6.08 Å². The van der Waals surface area contributed by atoms with Gasteiger partial charge >= 0.3 is 0 Å². The molecule has 0 aliphatic carbocycles. The third kappa shape index (κ3) is 1.26. The van der Waals surface area contributed by atoms with Crippen molar-refractivity contribution in [1.82, 2.24) is 9.88 Å². The molecule has 0 aromatic carbocycles. The number of nitrogens with zero attached hydrogens (tertiary/aromatic N) is 1. The third-order valence-electron chi connectivity index (χ3n) is 2.29. The van der Waals surface area contributed by atoms with E-state index in [0.717, 1.165) is 23.4 Å². The van der Waals surface area contributed by atoms with Crippen molar-refractivity contribution in [3.05, 3.63) is 39.4 Å². The molecule has 1 N–H and O–H groups in total. The van der Waals surface area contributed by atoms with Gasteiger partial charge in [-0.25, -0.2) is 0 Å². The molecular formula is C10H12N2O. The number of fused-ring (bicyclic) bond motifs is 1. The highest BCUT2D eigenvalue weighted by Crippen LogP contribution is 2.12. The molecule has 0 amide bonds. The van der Waals surface area contributed by atoms with Gasteiger partial charge in [0.1, 0.15) is 0 Å². The van der Waals surface area contributed by atoms with Crippen molar-refractivity contribution in [3.63, 3.8) is 0 Å². The van der Waals surface area contributed by atoms with E-state index in [1.807, 2.05) is 31.1 Å². The maximum atomic E-state index is 11.6. The number of H-pyrrole nitrogens is 1. The van der Waals surface area contributed by atoms with Crippen LogP contribution in [0.5, 0.6) is 0 Å². The van der Waals surface area contributed by atoms with Gasteiger partial charge in [0, 0.05) is 30.1 Å². The average Bonchev–Trinajstić information content (AvgIpc) is 2.12. The van der Waals surface area contributed by atoms with E-state index in [1.54, 1.807) is 6.20 Å². The van der Waals surface area contributed by atoms with E-state index >= 15 is 0 Å². The molecule has 3 nitrogen and oxygen atoms in total. The Balaban J connectivity index is 2.64. The normalized spacial score (nSPS) is 14.5. The van der Waals surface area contributed by atoms with E-state index in [9.17, 15) is 4.79 Å². The zero-order chi connectivity index (χ0) is 9.42. The van der Waals surface area contributed by atoms with E-state index in [-0.39, 0.29) is 5.43 Å². The van der Waals surface area contributed by atoms with Crippen LogP contribution in [-0.4, -0.2) is 16.9 Å². The van der Waals surface area contributed by atoms with Gasteiger partial charge in [-0.15, -0.1) is 0 Å². The van der Waals surface area contributed by atoms with Gasteiger partial charge in [0.05, 0.1) is 6.54 Å². The topological polar surface area (TPSA) is 36.1 Å². The molecule has 0 unspecified atom stereocenters. The predicted octanol–water partition coefficient (Wildman–Crippen LogP) is 1.10. The number of hydrogen-bond donors (Lipinski definition) is 1. The summed E-state index contributed by atoms with van der Waals surface area (Å²) in [6.45, 7) is 2.60. The first-order valence-electron chi connectivity index (χ1n) is 4.28. The van der Waals surface area contributed by atoms with Gasteiger partial charge in [-0.2, -0.15) is 0 Å². The zero-order valence-corrected chi connectivity index (χ0v) is 7.79. The number of nitrogens with one attached hydrogen (secondary N) is 1. The number of aromatic amines is 1. The Morgan fingerprint density at radius 3 is 3.08 bits per heavy atom. The Labute approximate surface area is 76.7 Å². The van der Waals surface area contributed by atoms with Crippen LogP contribution >= 0.6 is 0 Å². The lowest BCUT2D eigenvalue weighted by molar-refractivity contribution is 0.440. The molecule has 0 radical (unpaired) electrons. The van der Waals surface area contributed by atoms with E-state index in [0.29, 0.717) is 0 Å². The van der Waals surface area contributed by atoms with Crippen LogP contribution in [0.4, 0.5) is 0 Å². The Morgan fingerprint density at radius 2 is 2.31 bits per heavy atom. The van der Waals surface area contributed by atoms with Crippen molar-refractivity contribution < 1.29 is 0 Å². The minimum Gasteiger partial charge on any atom is -0.375 e. The Kier molecular flexibility index (Phi) is 1.72. The molecule has 1 aliphatic heterocycles. The number of rotatable bonds is 0. The minimum atomic E-state index is 0.137. The number of pyridine rings is 1. The molecule has 13 heavy (non-hydrogen) atoms. The SMILES string of the molecule is Cc1c[nH]c2c(c1=O)C=CN(C)C2. The number of hydrogen-bond acceptors (Lipinski definition) is 2. The highest BCUT2D eigenvalue weighted by Gasteiger charge is 2.11. The summed E-state index contributed by atoms with van der Waals surface area (Å²) in [7, 11) is 1.98. The van der Waals surface area contributed by atoms with E-state index < -0.39 is 0 Å². The fourth-order valence-electron chi connectivity index (χ4n) is 1.50. The second-order valence-corrected chi connectivity index (χ2v) is 3.42. The molecule has 0 bridgehead atoms. The molecule has 2 heterocycles. The smallest absolute Gasteiger partial charge is 0.192 e. The summed E-state index contributed by atoms with van der Waals surface area (Å²) in [5, 5.41) is 0. The first-order chi connectivity index (χ1) is 6.18. The second-order valence-electron chi connectivity index (χ2n) is 3.42. The van der Waals surface area contributed by atoms with Crippen LogP contribution in [0.3, 0.4) is 0 Å². The van der Waals surface area contributed by atoms with E-state index in [2.05, 4.69) is 4.98 Å². The Morgan fingerprint density at radius 1 is 1.54 bits per heavy atom. The minimum absolute atomic E-state index is 0.137. The molecule has 0 spiro atoms. The van der Waals surface area contributed by atoms with Crippen molar-refractivity contribution in [1.29, 1.82) is 0 Å². The molecule has 0 saturated heterocycles. The van der Waals surface area contributed by atoms with Crippen molar-refractivity contribution in [3.8, 4) is 0 Å². The van der Waals surface area contributed by atoms with Gasteiger partial charge < -0.3 is 9.88 Å². The molecular weight excluding hydrogens is 164 g/mol. The number of aryl methyl sites for hydroxylation is 1. The van der Waals surface area contributed by atoms with Crippen molar-refractivity contribution in [2.45, 2.75) is 13.5 Å². The molecule has 0 saturated carbocycles. The van der Waals surface area contributed by atoms with Crippen molar-refractivity contribution in [2.75, 3.05) is 7.05 Å². The summed E-state index contributed by atoms with van der Waals surface area (Å²) in [6.07, 6.45) is 5.57. The number of aromatic nitrogens is 1. The fraction of sp³-hybridized carbons (Fsp3) is 0.300. The average molecular weight is 176 g/mol. The molecule has 1 aromatic heterocycles. The molecule has 1 aromatic rings. The van der Waals surface area contributed by atoms with Crippen LogP contribution in [0.25, 0.3) is 6.08 Å². The highest BCUT2D eigenvalue weighted by molar-refractivity contribution is 5.54. The van der Waals surface area contributed by atoms with Crippen LogP contribution in [0.1, 0.15) is 16.8 Å². The van der Waals surface area contributed by atoms with E-state index in [1.165, 1.54) is 0 Å². The van der Waals surface area contributed by atoms with Gasteiger partial charge in [-0.1, -0.05) is 0 Å². The summed E-state index contributed by atoms with van der Waals surface area (Å²) in [6, 6.07) is 0. The summed E-state index contributed by atoms with van der Waals surface area (Å²) in [5.74, 6) is 0. The van der Waals surface area contributed by atoms with Crippen LogP contribution in [-0.2, 0) is 6.54 Å². The highest BCUT2D eigenvalue weighted by atomic mass is 16.1. The molecule has 2 rings (SSSR count). The fourth-order valence-corrected chi connectivity index (χ4v) is 1.50. The van der Waals surface area contributed by atoms with Gasteiger partial charge in [-0.3, -0.25) is 4.79 Å². The first-order valence-corrected chi connectivity index (χ1v) is 4.28. The van der Waals surface area contributed by atoms with Gasteiger partial charge in [-0.05, 0) is 19.2 Å². The monoisotopic (exact) mass is 176 g/mol. The van der Waals surface area contributed by atoms with Gasteiger partial charge in [0.15, 0.2) is 5.43 Å². The Hall–Kier alpha value is -1.51. The summed E-state index contributed by atoms with van der Waals surface area (Å²) in [4.78, 5) is 16.8. The standard InChI is InChI=1S/C10H12N2O/c1-7-5-11-9-6-12(2)4-3-8(9)10(7)13/h3-5H,6H2,1-2H3,(H,11,13). The molecule has 68 valence electrons. The van der Waals surface area contributed by atoms with Crippen molar-refractivity contribution in [2.24, 2.45) is 0 Å². The maximum Gasteiger partial charge on any atom is 0.192 e. The van der Waals surface area contributed by atoms with Crippen LogP contribution in [0.2, 0.25) is 0 Å². The van der Waals surface area contributed by atoms with E-state index in [4.69, 9.17) is 0 Å². The van der Waals surface area contributed by atoms with Gasteiger partial charge in [0.2, 0.25) is 0 Å². The quantitative estimate of drug-likeness (QED) is 0.642. The summed E-state index contributed by atoms with van der Waals surface area (Å²) >= 11 is 0. The lowest BCUT2D eigenvalue weighted by atomic mass is 10.1. The summed E-state index contributed by atoms with van der Waals surface area (Å²) in [5.41, 5.74) is 2.71. The molecule has 0 atom stereocenters. The molecule has 1 aliphatic rings. The largest absolute Gasteiger partial charge is 0.375 e. The lowest BCUT2D eigenvalue weighted by Gasteiger charge is -2.20. The maximum absolute atomic E-state index is 11.6.